The maximum atomic E-state index is 12.4. The number of hydrogen-bond acceptors (Lipinski definition) is 4. The van der Waals surface area contributed by atoms with E-state index in [-0.39, 0.29) is 5.75 Å². The van der Waals surface area contributed by atoms with Crippen LogP contribution in [-0.4, -0.2) is 44.8 Å². The first-order valence-corrected chi connectivity index (χ1v) is 7.13. The van der Waals surface area contributed by atoms with Gasteiger partial charge in [0.25, 0.3) is 0 Å². The number of methoxy groups -OCH3 is 1. The fourth-order valence-electron chi connectivity index (χ4n) is 2.65. The lowest BCUT2D eigenvalue weighted by Gasteiger charge is -2.31. The predicted octanol–water partition coefficient (Wildman–Crippen LogP) is 2.48. The van der Waals surface area contributed by atoms with E-state index < -0.39 is 6.61 Å². The van der Waals surface area contributed by atoms with Crippen molar-refractivity contribution in [1.82, 2.24) is 10.2 Å². The molecule has 1 aromatic rings. The minimum atomic E-state index is -2.85. The van der Waals surface area contributed by atoms with Gasteiger partial charge in [0.1, 0.15) is 0 Å². The first-order valence-electron chi connectivity index (χ1n) is 7.13. The molecule has 0 unspecified atom stereocenters. The van der Waals surface area contributed by atoms with Gasteiger partial charge in [0.05, 0.1) is 7.11 Å². The average molecular weight is 300 g/mol. The molecule has 4 nitrogen and oxygen atoms in total. The van der Waals surface area contributed by atoms with Gasteiger partial charge in [-0.2, -0.15) is 8.78 Å². The van der Waals surface area contributed by atoms with Crippen LogP contribution in [0.3, 0.4) is 0 Å². The van der Waals surface area contributed by atoms with Crippen molar-refractivity contribution in [3.63, 3.8) is 0 Å². The van der Waals surface area contributed by atoms with Gasteiger partial charge < -0.3 is 14.8 Å². The van der Waals surface area contributed by atoms with Crippen molar-refractivity contribution in [3.05, 3.63) is 23.8 Å². The summed E-state index contributed by atoms with van der Waals surface area (Å²) in [5, 5.41) is 3.29. The zero-order valence-electron chi connectivity index (χ0n) is 12.4. The number of likely N-dealkylation sites (tertiary alicyclic amines) is 1. The molecule has 0 amide bonds. The molecular formula is C15H22F2N2O2. The van der Waals surface area contributed by atoms with Gasteiger partial charge in [0.2, 0.25) is 0 Å². The van der Waals surface area contributed by atoms with Crippen molar-refractivity contribution in [1.29, 1.82) is 0 Å². The van der Waals surface area contributed by atoms with E-state index in [0.29, 0.717) is 11.8 Å². The highest BCUT2D eigenvalue weighted by molar-refractivity contribution is 5.43. The molecule has 0 saturated carbocycles. The number of halogens is 2. The van der Waals surface area contributed by atoms with Crippen molar-refractivity contribution in [2.45, 2.75) is 32.0 Å². The zero-order valence-corrected chi connectivity index (χ0v) is 12.4. The molecule has 1 aliphatic rings. The van der Waals surface area contributed by atoms with Gasteiger partial charge >= 0.3 is 6.61 Å². The summed E-state index contributed by atoms with van der Waals surface area (Å²) in [6, 6.07) is 5.78. The fourth-order valence-corrected chi connectivity index (χ4v) is 2.65. The van der Waals surface area contributed by atoms with Crippen LogP contribution >= 0.6 is 0 Å². The third kappa shape index (κ3) is 4.54. The summed E-state index contributed by atoms with van der Waals surface area (Å²) in [5.74, 6) is 0.419. The van der Waals surface area contributed by atoms with Gasteiger partial charge in [-0.15, -0.1) is 0 Å². The van der Waals surface area contributed by atoms with Gasteiger partial charge in [-0.25, -0.2) is 0 Å². The second-order valence-electron chi connectivity index (χ2n) is 5.20. The molecule has 0 aliphatic carbocycles. The first-order chi connectivity index (χ1) is 10.1. The molecule has 1 N–H and O–H groups in total. The molecule has 1 fully saturated rings. The molecule has 118 valence electrons. The summed E-state index contributed by atoms with van der Waals surface area (Å²) in [6.45, 7) is -0.105. The molecule has 0 aromatic heterocycles. The van der Waals surface area contributed by atoms with E-state index in [1.807, 2.05) is 13.1 Å². The van der Waals surface area contributed by atoms with Crippen molar-refractivity contribution >= 4 is 0 Å². The molecule has 1 aliphatic heterocycles. The van der Waals surface area contributed by atoms with Crippen LogP contribution in [0.15, 0.2) is 18.2 Å². The molecule has 1 saturated heterocycles. The van der Waals surface area contributed by atoms with Crippen LogP contribution in [0.1, 0.15) is 18.4 Å². The molecular weight excluding hydrogens is 278 g/mol. The van der Waals surface area contributed by atoms with Crippen LogP contribution in [0.2, 0.25) is 0 Å². The normalized spacial score (nSPS) is 17.2. The van der Waals surface area contributed by atoms with Crippen LogP contribution < -0.4 is 14.8 Å². The largest absolute Gasteiger partial charge is 0.493 e. The van der Waals surface area contributed by atoms with E-state index in [2.05, 4.69) is 15.0 Å². The minimum absolute atomic E-state index is 0.0927. The zero-order chi connectivity index (χ0) is 15.2. The van der Waals surface area contributed by atoms with E-state index in [0.717, 1.165) is 38.0 Å². The van der Waals surface area contributed by atoms with E-state index in [4.69, 9.17) is 4.74 Å². The monoisotopic (exact) mass is 300 g/mol. The van der Waals surface area contributed by atoms with Crippen molar-refractivity contribution < 1.29 is 18.3 Å². The Morgan fingerprint density at radius 3 is 2.57 bits per heavy atom. The Hall–Kier alpha value is -1.40. The van der Waals surface area contributed by atoms with Crippen molar-refractivity contribution in [2.24, 2.45) is 0 Å². The fraction of sp³-hybridized carbons (Fsp3) is 0.600. The summed E-state index contributed by atoms with van der Waals surface area (Å²) in [4.78, 5) is 2.32. The Labute approximate surface area is 124 Å². The Bertz CT molecular complexity index is 449. The van der Waals surface area contributed by atoms with Gasteiger partial charge in [-0.05, 0) is 50.7 Å². The highest BCUT2D eigenvalue weighted by Gasteiger charge is 2.18. The van der Waals surface area contributed by atoms with Crippen LogP contribution in [-0.2, 0) is 6.54 Å². The number of rotatable bonds is 6. The van der Waals surface area contributed by atoms with Crippen LogP contribution in [0.5, 0.6) is 11.5 Å². The highest BCUT2D eigenvalue weighted by Crippen LogP contribution is 2.30. The number of benzene rings is 1. The molecule has 0 atom stereocenters. The van der Waals surface area contributed by atoms with E-state index in [1.54, 1.807) is 12.1 Å². The number of ether oxygens (including phenoxy) is 2. The number of piperidine rings is 1. The van der Waals surface area contributed by atoms with E-state index >= 15 is 0 Å². The minimum Gasteiger partial charge on any atom is -0.493 e. The van der Waals surface area contributed by atoms with Crippen LogP contribution in [0, 0.1) is 0 Å². The third-order valence-corrected chi connectivity index (χ3v) is 3.85. The lowest BCUT2D eigenvalue weighted by molar-refractivity contribution is -0.0512. The quantitative estimate of drug-likeness (QED) is 0.875. The Morgan fingerprint density at radius 2 is 2.00 bits per heavy atom. The summed E-state index contributed by atoms with van der Waals surface area (Å²) in [7, 11) is 3.42. The SMILES string of the molecule is CNC1CCN(Cc2ccc(OC)c(OC(F)F)c2)CC1. The average Bonchev–Trinajstić information content (AvgIpc) is 2.48. The molecule has 0 spiro atoms. The van der Waals surface area contributed by atoms with Crippen LogP contribution in [0.25, 0.3) is 0 Å². The summed E-state index contributed by atoms with van der Waals surface area (Å²) in [5.41, 5.74) is 0.953. The Balaban J connectivity index is 2.00. The molecule has 2 rings (SSSR count). The molecule has 6 heteroatoms. The topological polar surface area (TPSA) is 33.7 Å². The molecule has 0 bridgehead atoms. The first kappa shape index (κ1) is 16.0. The van der Waals surface area contributed by atoms with Crippen LogP contribution in [0.4, 0.5) is 8.78 Å². The standard InChI is InChI=1S/C15H22F2N2O2/c1-18-12-5-7-19(8-6-12)10-11-3-4-13(20-2)14(9-11)21-15(16)17/h3-4,9,12,15,18H,5-8,10H2,1-2H3. The predicted molar refractivity (Wildman–Crippen MR) is 77.0 cm³/mol. The van der Waals surface area contributed by atoms with E-state index in [1.165, 1.54) is 7.11 Å². The summed E-state index contributed by atoms with van der Waals surface area (Å²) in [6.07, 6.45) is 2.21. The van der Waals surface area contributed by atoms with Gasteiger partial charge in [-0.1, -0.05) is 6.07 Å². The van der Waals surface area contributed by atoms with Gasteiger partial charge in [-0.3, -0.25) is 4.90 Å². The molecule has 21 heavy (non-hydrogen) atoms. The summed E-state index contributed by atoms with van der Waals surface area (Å²) >= 11 is 0. The number of nitrogens with zero attached hydrogens (tertiary/aromatic N) is 1. The molecule has 0 radical (unpaired) electrons. The highest BCUT2D eigenvalue weighted by atomic mass is 19.3. The van der Waals surface area contributed by atoms with Crippen molar-refractivity contribution in [3.8, 4) is 11.5 Å². The third-order valence-electron chi connectivity index (χ3n) is 3.85. The maximum absolute atomic E-state index is 12.4. The maximum Gasteiger partial charge on any atom is 0.387 e. The van der Waals surface area contributed by atoms with Crippen molar-refractivity contribution in [2.75, 3.05) is 27.2 Å². The van der Waals surface area contributed by atoms with Gasteiger partial charge in [0.15, 0.2) is 11.5 Å². The second kappa shape index (κ2) is 7.56. The van der Waals surface area contributed by atoms with E-state index in [9.17, 15) is 8.78 Å². The number of alkyl halides is 2. The Kier molecular flexibility index (Phi) is 5.76. The second-order valence-corrected chi connectivity index (χ2v) is 5.20. The van der Waals surface area contributed by atoms with Gasteiger partial charge in [0, 0.05) is 12.6 Å². The smallest absolute Gasteiger partial charge is 0.387 e. The molecule has 1 heterocycles. The molecule has 1 aromatic carbocycles. The number of nitrogens with one attached hydrogen (secondary N) is 1. The Morgan fingerprint density at radius 1 is 1.29 bits per heavy atom. The number of hydrogen-bond donors (Lipinski definition) is 1. The lowest BCUT2D eigenvalue weighted by atomic mass is 10.0. The summed E-state index contributed by atoms with van der Waals surface area (Å²) < 4.78 is 34.4. The lowest BCUT2D eigenvalue weighted by Crippen LogP contribution is -2.40.